The van der Waals surface area contributed by atoms with Crippen molar-refractivity contribution >= 4 is 22.0 Å². The summed E-state index contributed by atoms with van der Waals surface area (Å²) in [6, 6.07) is 3.59. The number of carbonyl (C=O) groups is 1. The van der Waals surface area contributed by atoms with E-state index in [0.717, 1.165) is 25.5 Å². The number of rotatable bonds is 3. The van der Waals surface area contributed by atoms with Gasteiger partial charge in [-0.2, -0.15) is 13.2 Å². The number of alkyl carbamates (subject to hydrolysis) is 1. The fraction of sp³-hybridized carbons (Fsp3) is 0.611. The molecule has 0 aromatic heterocycles. The first kappa shape index (κ1) is 21.0. The van der Waals surface area contributed by atoms with Crippen molar-refractivity contribution in [3.05, 3.63) is 33.8 Å². The molecule has 26 heavy (non-hydrogen) atoms. The summed E-state index contributed by atoms with van der Waals surface area (Å²) in [5.41, 5.74) is -0.643. The Labute approximate surface area is 160 Å². The topological polar surface area (TPSA) is 41.6 Å². The van der Waals surface area contributed by atoms with E-state index in [1.54, 1.807) is 20.8 Å². The molecule has 1 aromatic rings. The average Bonchev–Trinajstić information content (AvgIpc) is 2.46. The highest BCUT2D eigenvalue weighted by Gasteiger charge is 2.31. The Morgan fingerprint density at radius 3 is 2.65 bits per heavy atom. The lowest BCUT2D eigenvalue weighted by molar-refractivity contribution is -0.137. The molecule has 0 saturated carbocycles. The highest BCUT2D eigenvalue weighted by molar-refractivity contribution is 9.10. The largest absolute Gasteiger partial charge is 0.444 e. The van der Waals surface area contributed by atoms with Crippen molar-refractivity contribution in [1.29, 1.82) is 0 Å². The fourth-order valence-corrected chi connectivity index (χ4v) is 3.28. The molecule has 1 amide bonds. The number of hydrogen-bond donors (Lipinski definition) is 1. The molecule has 1 N–H and O–H groups in total. The second-order valence-corrected chi connectivity index (χ2v) is 8.38. The SMILES string of the molecule is CC(C)(C)OC(=O)N[C@@H]1CCCN(Cc2cc(C(F)(F)F)ccc2Br)C1. The van der Waals surface area contributed by atoms with Gasteiger partial charge in [0.25, 0.3) is 0 Å². The van der Waals surface area contributed by atoms with Crippen LogP contribution in [0, 0.1) is 0 Å². The number of amides is 1. The van der Waals surface area contributed by atoms with Gasteiger partial charge in [0.15, 0.2) is 0 Å². The standard InChI is InChI=1S/C18H24BrF3N2O2/c1-17(2,3)26-16(25)23-14-5-4-8-24(11-14)10-12-9-13(18(20,21)22)6-7-15(12)19/h6-7,9,14H,4-5,8,10-11H2,1-3H3,(H,23,25)/t14-/m1/s1. The maximum Gasteiger partial charge on any atom is 0.416 e. The maximum absolute atomic E-state index is 12.9. The third-order valence-electron chi connectivity index (χ3n) is 3.99. The van der Waals surface area contributed by atoms with E-state index in [-0.39, 0.29) is 6.04 Å². The van der Waals surface area contributed by atoms with Gasteiger partial charge in [0.05, 0.1) is 5.56 Å². The molecule has 1 fully saturated rings. The first-order valence-corrected chi connectivity index (χ1v) is 9.31. The number of piperidine rings is 1. The van der Waals surface area contributed by atoms with Gasteiger partial charge in [-0.05, 0) is 63.9 Å². The van der Waals surface area contributed by atoms with Crippen LogP contribution in [0.1, 0.15) is 44.7 Å². The quantitative estimate of drug-likeness (QED) is 0.727. The minimum Gasteiger partial charge on any atom is -0.444 e. The summed E-state index contributed by atoms with van der Waals surface area (Å²) >= 11 is 3.33. The van der Waals surface area contributed by atoms with Crippen molar-refractivity contribution in [3.8, 4) is 0 Å². The monoisotopic (exact) mass is 436 g/mol. The molecule has 146 valence electrons. The first-order chi connectivity index (χ1) is 11.9. The van der Waals surface area contributed by atoms with Crippen molar-refractivity contribution in [3.63, 3.8) is 0 Å². The van der Waals surface area contributed by atoms with Gasteiger partial charge in [-0.15, -0.1) is 0 Å². The van der Waals surface area contributed by atoms with E-state index in [0.29, 0.717) is 23.1 Å². The predicted octanol–water partition coefficient (Wildman–Crippen LogP) is 4.96. The zero-order valence-corrected chi connectivity index (χ0v) is 16.7. The molecular formula is C18H24BrF3N2O2. The first-order valence-electron chi connectivity index (χ1n) is 8.51. The number of ether oxygens (including phenoxy) is 1. The van der Waals surface area contributed by atoms with Crippen LogP contribution in [0.2, 0.25) is 0 Å². The van der Waals surface area contributed by atoms with Crippen LogP contribution < -0.4 is 5.32 Å². The van der Waals surface area contributed by atoms with E-state index in [1.165, 1.54) is 12.1 Å². The summed E-state index contributed by atoms with van der Waals surface area (Å²) in [4.78, 5) is 14.0. The van der Waals surface area contributed by atoms with Gasteiger partial charge in [-0.3, -0.25) is 4.90 Å². The van der Waals surface area contributed by atoms with Crippen LogP contribution in [0.25, 0.3) is 0 Å². The number of carbonyl (C=O) groups excluding carboxylic acids is 1. The smallest absolute Gasteiger partial charge is 0.416 e. The number of halogens is 4. The summed E-state index contributed by atoms with van der Waals surface area (Å²) in [5, 5.41) is 2.85. The van der Waals surface area contributed by atoms with Crippen LogP contribution in [-0.2, 0) is 17.5 Å². The lowest BCUT2D eigenvalue weighted by atomic mass is 10.0. The number of likely N-dealkylation sites (tertiary alicyclic amines) is 1. The Balaban J connectivity index is 1.99. The summed E-state index contributed by atoms with van der Waals surface area (Å²) in [7, 11) is 0. The zero-order valence-electron chi connectivity index (χ0n) is 15.1. The van der Waals surface area contributed by atoms with Gasteiger partial charge < -0.3 is 10.1 Å². The van der Waals surface area contributed by atoms with Crippen molar-refractivity contribution in [1.82, 2.24) is 10.2 Å². The molecule has 1 aromatic carbocycles. The minimum atomic E-state index is -4.36. The van der Waals surface area contributed by atoms with E-state index < -0.39 is 23.4 Å². The van der Waals surface area contributed by atoms with Crippen molar-refractivity contribution in [2.24, 2.45) is 0 Å². The van der Waals surface area contributed by atoms with Gasteiger partial charge in [-0.1, -0.05) is 15.9 Å². The highest BCUT2D eigenvalue weighted by atomic mass is 79.9. The molecule has 0 radical (unpaired) electrons. The van der Waals surface area contributed by atoms with Crippen LogP contribution in [0.5, 0.6) is 0 Å². The minimum absolute atomic E-state index is 0.0804. The molecule has 8 heteroatoms. The third-order valence-corrected chi connectivity index (χ3v) is 4.77. The Bertz CT molecular complexity index is 644. The summed E-state index contributed by atoms with van der Waals surface area (Å²) < 4.78 is 44.7. The van der Waals surface area contributed by atoms with Crippen molar-refractivity contribution < 1.29 is 22.7 Å². The Kier molecular flexibility index (Phi) is 6.60. The lowest BCUT2D eigenvalue weighted by Crippen LogP contribution is -2.48. The normalized spacial score (nSPS) is 19.3. The fourth-order valence-electron chi connectivity index (χ4n) is 2.90. The molecule has 0 bridgehead atoms. The molecule has 1 saturated heterocycles. The molecule has 1 heterocycles. The third kappa shape index (κ3) is 6.46. The van der Waals surface area contributed by atoms with E-state index in [1.807, 2.05) is 4.90 Å². The van der Waals surface area contributed by atoms with Crippen molar-refractivity contribution in [2.75, 3.05) is 13.1 Å². The Morgan fingerprint density at radius 2 is 2.04 bits per heavy atom. The van der Waals surface area contributed by atoms with Gasteiger partial charge in [0.2, 0.25) is 0 Å². The second kappa shape index (κ2) is 8.17. The molecule has 4 nitrogen and oxygen atoms in total. The molecule has 0 unspecified atom stereocenters. The molecule has 0 spiro atoms. The molecule has 1 aliphatic rings. The summed E-state index contributed by atoms with van der Waals surface area (Å²) in [6.07, 6.45) is -3.15. The van der Waals surface area contributed by atoms with E-state index >= 15 is 0 Å². The molecule has 1 atom stereocenters. The average molecular weight is 437 g/mol. The lowest BCUT2D eigenvalue weighted by Gasteiger charge is -2.33. The van der Waals surface area contributed by atoms with Crippen molar-refractivity contribution in [2.45, 2.75) is 58.0 Å². The van der Waals surface area contributed by atoms with Gasteiger partial charge in [-0.25, -0.2) is 4.79 Å². The second-order valence-electron chi connectivity index (χ2n) is 7.52. The Hall–Kier alpha value is -1.28. The number of alkyl halides is 3. The van der Waals surface area contributed by atoms with Crippen LogP contribution in [0.3, 0.4) is 0 Å². The van der Waals surface area contributed by atoms with E-state index in [2.05, 4.69) is 21.2 Å². The summed E-state index contributed by atoms with van der Waals surface area (Å²) in [5.74, 6) is 0. The predicted molar refractivity (Wildman–Crippen MR) is 96.8 cm³/mol. The number of nitrogens with zero attached hydrogens (tertiary/aromatic N) is 1. The summed E-state index contributed by atoms with van der Waals surface area (Å²) in [6.45, 7) is 7.12. The van der Waals surface area contributed by atoms with Crippen LogP contribution in [-0.4, -0.2) is 35.7 Å². The van der Waals surface area contributed by atoms with E-state index in [9.17, 15) is 18.0 Å². The van der Waals surface area contributed by atoms with Crippen LogP contribution >= 0.6 is 15.9 Å². The molecule has 0 aliphatic carbocycles. The zero-order chi connectivity index (χ0) is 19.5. The van der Waals surface area contributed by atoms with Crippen LogP contribution in [0.15, 0.2) is 22.7 Å². The number of nitrogens with one attached hydrogen (secondary N) is 1. The van der Waals surface area contributed by atoms with Gasteiger partial charge in [0.1, 0.15) is 5.60 Å². The molecule has 2 rings (SSSR count). The highest BCUT2D eigenvalue weighted by Crippen LogP contribution is 2.32. The van der Waals surface area contributed by atoms with Crippen LogP contribution in [0.4, 0.5) is 18.0 Å². The molecule has 1 aliphatic heterocycles. The van der Waals surface area contributed by atoms with Gasteiger partial charge in [0, 0.05) is 23.6 Å². The maximum atomic E-state index is 12.9. The van der Waals surface area contributed by atoms with Gasteiger partial charge >= 0.3 is 12.3 Å². The Morgan fingerprint density at radius 1 is 1.35 bits per heavy atom. The van der Waals surface area contributed by atoms with E-state index in [4.69, 9.17) is 4.74 Å². The molecular weight excluding hydrogens is 413 g/mol. The number of benzene rings is 1. The number of hydrogen-bond acceptors (Lipinski definition) is 3.